The summed E-state index contributed by atoms with van der Waals surface area (Å²) in [6, 6.07) is 1.60. The fourth-order valence-electron chi connectivity index (χ4n) is 1.14. The number of anilines is 1. The van der Waals surface area contributed by atoms with Crippen molar-refractivity contribution in [2.24, 2.45) is 0 Å². The van der Waals surface area contributed by atoms with E-state index in [4.69, 9.17) is 15.2 Å². The van der Waals surface area contributed by atoms with Crippen LogP contribution in [0.1, 0.15) is 0 Å². The van der Waals surface area contributed by atoms with Gasteiger partial charge in [-0.15, -0.1) is 0 Å². The Morgan fingerprint density at radius 1 is 1.39 bits per heavy atom. The predicted molar refractivity (Wildman–Crippen MR) is 61.2 cm³/mol. The molecule has 0 saturated carbocycles. The maximum Gasteiger partial charge on any atom is 0.258 e. The molecule has 0 unspecified atom stereocenters. The van der Waals surface area contributed by atoms with Crippen molar-refractivity contribution in [1.82, 2.24) is 5.32 Å². The van der Waals surface area contributed by atoms with Gasteiger partial charge in [0.2, 0.25) is 0 Å². The van der Waals surface area contributed by atoms with Gasteiger partial charge in [0.25, 0.3) is 5.91 Å². The smallest absolute Gasteiger partial charge is 0.258 e. The van der Waals surface area contributed by atoms with Crippen LogP contribution in [0, 0.1) is 11.6 Å². The van der Waals surface area contributed by atoms with E-state index in [9.17, 15) is 13.6 Å². The summed E-state index contributed by atoms with van der Waals surface area (Å²) in [4.78, 5) is 11.2. The summed E-state index contributed by atoms with van der Waals surface area (Å²) in [5.74, 6) is -2.43. The van der Waals surface area contributed by atoms with Gasteiger partial charge >= 0.3 is 0 Å². The molecule has 0 aromatic heterocycles. The van der Waals surface area contributed by atoms with Crippen LogP contribution in [-0.2, 0) is 9.53 Å². The van der Waals surface area contributed by atoms with Crippen molar-refractivity contribution in [2.45, 2.75) is 0 Å². The normalized spacial score (nSPS) is 10.2. The largest absolute Gasteiger partial charge is 0.481 e. The Hall–Kier alpha value is -1.89. The van der Waals surface area contributed by atoms with Gasteiger partial charge in [-0.25, -0.2) is 8.78 Å². The lowest BCUT2D eigenvalue weighted by Crippen LogP contribution is -2.31. The molecule has 0 aliphatic rings. The predicted octanol–water partition coefficient (Wildman–Crippen LogP) is 0.688. The number of nitrogen functional groups attached to an aromatic ring is 1. The summed E-state index contributed by atoms with van der Waals surface area (Å²) in [5, 5.41) is 2.47. The molecule has 0 aliphatic carbocycles. The lowest BCUT2D eigenvalue weighted by molar-refractivity contribution is -0.123. The van der Waals surface area contributed by atoms with E-state index in [0.717, 1.165) is 12.1 Å². The van der Waals surface area contributed by atoms with Gasteiger partial charge in [0.05, 0.1) is 12.3 Å². The second-order valence-corrected chi connectivity index (χ2v) is 3.44. The van der Waals surface area contributed by atoms with Gasteiger partial charge < -0.3 is 20.5 Å². The van der Waals surface area contributed by atoms with Gasteiger partial charge in [-0.3, -0.25) is 4.79 Å². The van der Waals surface area contributed by atoms with Crippen molar-refractivity contribution in [3.63, 3.8) is 0 Å². The number of methoxy groups -OCH3 is 1. The van der Waals surface area contributed by atoms with Gasteiger partial charge in [0, 0.05) is 25.8 Å². The van der Waals surface area contributed by atoms with Crippen LogP contribution in [0.15, 0.2) is 12.1 Å². The molecule has 0 heterocycles. The second-order valence-electron chi connectivity index (χ2n) is 3.44. The van der Waals surface area contributed by atoms with E-state index in [1.165, 1.54) is 7.11 Å². The monoisotopic (exact) mass is 260 g/mol. The Morgan fingerprint density at radius 2 is 2.11 bits per heavy atom. The fraction of sp³-hybridized carbons (Fsp3) is 0.364. The fourth-order valence-corrected chi connectivity index (χ4v) is 1.14. The van der Waals surface area contributed by atoms with E-state index >= 15 is 0 Å². The van der Waals surface area contributed by atoms with Gasteiger partial charge in [-0.1, -0.05) is 0 Å². The highest BCUT2D eigenvalue weighted by molar-refractivity contribution is 5.77. The Balaban J connectivity index is 2.48. The van der Waals surface area contributed by atoms with Crippen molar-refractivity contribution in [3.05, 3.63) is 23.8 Å². The maximum atomic E-state index is 13.3. The summed E-state index contributed by atoms with van der Waals surface area (Å²) in [6.07, 6.45) is 0. The lowest BCUT2D eigenvalue weighted by atomic mass is 10.3. The molecular weight excluding hydrogens is 246 g/mol. The number of hydrogen-bond donors (Lipinski definition) is 2. The van der Waals surface area contributed by atoms with Crippen molar-refractivity contribution >= 4 is 11.6 Å². The molecule has 5 nitrogen and oxygen atoms in total. The molecule has 1 amide bonds. The number of carbonyl (C=O) groups is 1. The number of nitrogens with one attached hydrogen (secondary N) is 1. The maximum absolute atomic E-state index is 13.3. The molecule has 3 N–H and O–H groups in total. The summed E-state index contributed by atoms with van der Waals surface area (Å²) in [5.41, 5.74) is 4.85. The minimum Gasteiger partial charge on any atom is -0.481 e. The van der Waals surface area contributed by atoms with Crippen LogP contribution >= 0.6 is 0 Å². The Bertz CT molecular complexity index is 427. The number of benzene rings is 1. The van der Waals surface area contributed by atoms with Gasteiger partial charge in [0.1, 0.15) is 5.82 Å². The number of halogens is 2. The molecule has 1 aromatic carbocycles. The molecule has 0 spiro atoms. The first-order valence-corrected chi connectivity index (χ1v) is 5.17. The summed E-state index contributed by atoms with van der Waals surface area (Å²) >= 11 is 0. The van der Waals surface area contributed by atoms with Crippen LogP contribution in [0.4, 0.5) is 14.5 Å². The molecule has 0 bridgehead atoms. The van der Waals surface area contributed by atoms with E-state index in [1.807, 2.05) is 0 Å². The minimum atomic E-state index is -0.821. The zero-order valence-electron chi connectivity index (χ0n) is 9.83. The van der Waals surface area contributed by atoms with Crippen LogP contribution in [0.5, 0.6) is 5.75 Å². The molecule has 100 valence electrons. The van der Waals surface area contributed by atoms with Crippen molar-refractivity contribution in [1.29, 1.82) is 0 Å². The standard InChI is InChI=1S/C11H14F2N2O3/c1-17-3-2-15-11(16)6-18-10-5-7(12)9(14)4-8(10)13/h4-5H,2-3,6,14H2,1H3,(H,15,16). The second kappa shape index (κ2) is 6.75. The highest BCUT2D eigenvalue weighted by Gasteiger charge is 2.10. The molecule has 18 heavy (non-hydrogen) atoms. The van der Waals surface area contributed by atoms with Crippen LogP contribution in [0.25, 0.3) is 0 Å². The highest BCUT2D eigenvalue weighted by atomic mass is 19.1. The minimum absolute atomic E-state index is 0.315. The summed E-state index contributed by atoms with van der Waals surface area (Å²) < 4.78 is 35.9. The summed E-state index contributed by atoms with van der Waals surface area (Å²) in [6.45, 7) is 0.262. The highest BCUT2D eigenvalue weighted by Crippen LogP contribution is 2.22. The van der Waals surface area contributed by atoms with Crippen LogP contribution in [0.2, 0.25) is 0 Å². The molecule has 0 saturated heterocycles. The number of nitrogens with two attached hydrogens (primary N) is 1. The average molecular weight is 260 g/mol. The number of rotatable bonds is 6. The van der Waals surface area contributed by atoms with Crippen LogP contribution in [-0.4, -0.2) is 32.8 Å². The van der Waals surface area contributed by atoms with E-state index in [2.05, 4.69) is 5.32 Å². The molecule has 1 aromatic rings. The number of carbonyl (C=O) groups excluding carboxylic acids is 1. The van der Waals surface area contributed by atoms with Crippen molar-refractivity contribution in [2.75, 3.05) is 32.6 Å². The lowest BCUT2D eigenvalue weighted by Gasteiger charge is -2.08. The first kappa shape index (κ1) is 14.2. The molecule has 0 fully saturated rings. The molecule has 0 aliphatic heterocycles. The van der Waals surface area contributed by atoms with E-state index in [-0.39, 0.29) is 11.4 Å². The van der Waals surface area contributed by atoms with Crippen molar-refractivity contribution < 1.29 is 23.0 Å². The van der Waals surface area contributed by atoms with Crippen LogP contribution in [0.3, 0.4) is 0 Å². The molecule has 0 atom stereocenters. The van der Waals surface area contributed by atoms with E-state index in [1.54, 1.807) is 0 Å². The van der Waals surface area contributed by atoms with Gasteiger partial charge in [0.15, 0.2) is 18.2 Å². The number of amides is 1. The van der Waals surface area contributed by atoms with E-state index < -0.39 is 24.1 Å². The Labute approximate surface area is 103 Å². The van der Waals surface area contributed by atoms with Gasteiger partial charge in [-0.2, -0.15) is 0 Å². The number of ether oxygens (including phenoxy) is 2. The van der Waals surface area contributed by atoms with Crippen LogP contribution < -0.4 is 15.8 Å². The average Bonchev–Trinajstić information content (AvgIpc) is 2.32. The SMILES string of the molecule is COCCNC(=O)COc1cc(F)c(N)cc1F. The Morgan fingerprint density at radius 3 is 2.78 bits per heavy atom. The zero-order valence-corrected chi connectivity index (χ0v) is 9.83. The third-order valence-corrected chi connectivity index (χ3v) is 2.04. The van der Waals surface area contributed by atoms with Gasteiger partial charge in [-0.05, 0) is 0 Å². The topological polar surface area (TPSA) is 73.6 Å². The molecule has 7 heteroatoms. The zero-order chi connectivity index (χ0) is 13.5. The van der Waals surface area contributed by atoms with E-state index in [0.29, 0.717) is 13.2 Å². The Kier molecular flexibility index (Phi) is 5.31. The third-order valence-electron chi connectivity index (χ3n) is 2.04. The number of hydrogen-bond acceptors (Lipinski definition) is 4. The summed E-state index contributed by atoms with van der Waals surface area (Å²) in [7, 11) is 1.50. The molecule has 1 rings (SSSR count). The molecular formula is C11H14F2N2O3. The third kappa shape index (κ3) is 4.17. The molecule has 0 radical (unpaired) electrons. The first-order chi connectivity index (χ1) is 8.54. The quantitative estimate of drug-likeness (QED) is 0.583. The first-order valence-electron chi connectivity index (χ1n) is 5.17. The van der Waals surface area contributed by atoms with Crippen molar-refractivity contribution in [3.8, 4) is 5.75 Å².